The van der Waals surface area contributed by atoms with Gasteiger partial charge in [0, 0.05) is 31.7 Å². The van der Waals surface area contributed by atoms with Gasteiger partial charge in [0.05, 0.1) is 10.3 Å². The number of halogens is 1. The van der Waals surface area contributed by atoms with Gasteiger partial charge in [-0.05, 0) is 32.9 Å². The second kappa shape index (κ2) is 9.15. The summed E-state index contributed by atoms with van der Waals surface area (Å²) in [5.41, 5.74) is 0.625. The molecular weight excluding hydrogens is 428 g/mol. The molecule has 3 heterocycles. The van der Waals surface area contributed by atoms with Gasteiger partial charge in [-0.2, -0.15) is 0 Å². The summed E-state index contributed by atoms with van der Waals surface area (Å²) in [6, 6.07) is 5.39. The monoisotopic (exact) mass is 450 g/mol. The number of sulfone groups is 1. The summed E-state index contributed by atoms with van der Waals surface area (Å²) in [4.78, 5) is 12.5. The Labute approximate surface area is 180 Å². The van der Waals surface area contributed by atoms with E-state index >= 15 is 0 Å². The number of hydrogen-bond acceptors (Lipinski definition) is 8. The van der Waals surface area contributed by atoms with Crippen LogP contribution in [0.4, 0.5) is 0 Å². The minimum atomic E-state index is -3.69. The van der Waals surface area contributed by atoms with Gasteiger partial charge in [-0.25, -0.2) is 18.4 Å². The largest absolute Gasteiger partial charge is 0.372 e. The minimum Gasteiger partial charge on any atom is -0.372 e. The van der Waals surface area contributed by atoms with Crippen LogP contribution < -0.4 is 0 Å². The molecule has 0 saturated carbocycles. The molecule has 0 radical (unpaired) electrons. The molecule has 11 heteroatoms. The maximum Gasteiger partial charge on any atom is 0.182 e. The van der Waals surface area contributed by atoms with Crippen molar-refractivity contribution in [2.24, 2.45) is 0 Å². The zero-order chi connectivity index (χ0) is 21.9. The van der Waals surface area contributed by atoms with Crippen LogP contribution in [0.1, 0.15) is 44.6 Å². The van der Waals surface area contributed by atoms with Crippen molar-refractivity contribution >= 4 is 21.4 Å². The molecule has 3 rings (SSSR count). The Morgan fingerprint density at radius 2 is 1.80 bits per heavy atom. The molecule has 160 valence electrons. The highest BCUT2D eigenvalue weighted by Crippen LogP contribution is 2.27. The van der Waals surface area contributed by atoms with Gasteiger partial charge in [0.2, 0.25) is 0 Å². The maximum atomic E-state index is 13.2. The fourth-order valence-corrected chi connectivity index (χ4v) is 4.64. The molecule has 0 bridgehead atoms. The number of pyridine rings is 1. The maximum absolute atomic E-state index is 13.2. The van der Waals surface area contributed by atoms with Gasteiger partial charge in [0.15, 0.2) is 21.5 Å². The smallest absolute Gasteiger partial charge is 0.182 e. The van der Waals surface area contributed by atoms with E-state index < -0.39 is 21.2 Å². The summed E-state index contributed by atoms with van der Waals surface area (Å²) in [7, 11) is -2.27. The van der Waals surface area contributed by atoms with E-state index in [0.29, 0.717) is 22.4 Å². The van der Waals surface area contributed by atoms with Crippen LogP contribution >= 0.6 is 11.6 Å². The van der Waals surface area contributed by atoms with Gasteiger partial charge in [-0.3, -0.25) is 4.98 Å². The SMILES string of the molecule is CO[C@H](c1ncc(Cl)cn1)[C@H](C)S(=O)(=O)Cc1nnc(-c2ccccn2)n1C(C)C. The van der Waals surface area contributed by atoms with Gasteiger partial charge in [0.1, 0.15) is 23.4 Å². The molecule has 2 atom stereocenters. The first-order valence-electron chi connectivity index (χ1n) is 9.31. The number of aromatic nitrogens is 6. The van der Waals surface area contributed by atoms with Crippen molar-refractivity contribution in [1.29, 1.82) is 0 Å². The Kier molecular flexibility index (Phi) is 6.79. The third-order valence-corrected chi connectivity index (χ3v) is 6.88. The summed E-state index contributed by atoms with van der Waals surface area (Å²) in [6.45, 7) is 5.45. The molecule has 0 unspecified atom stereocenters. The van der Waals surface area contributed by atoms with E-state index in [9.17, 15) is 8.42 Å². The van der Waals surface area contributed by atoms with E-state index in [-0.39, 0.29) is 17.6 Å². The Hall–Kier alpha value is -2.43. The standard InChI is InChI=1S/C19H23ClN6O3S/c1-12(2)26-16(24-25-19(26)15-7-5-6-8-21-15)11-30(27,28)13(3)17(29-4)18-22-9-14(20)10-23-18/h5-10,12-13,17H,11H2,1-4H3/t13-,17-/m0/s1. The predicted octanol–water partition coefficient (Wildman–Crippen LogP) is 3.06. The number of hydrogen-bond donors (Lipinski definition) is 0. The lowest BCUT2D eigenvalue weighted by atomic mass is 10.2. The van der Waals surface area contributed by atoms with Crippen LogP contribution in [0.5, 0.6) is 0 Å². The van der Waals surface area contributed by atoms with E-state index in [1.807, 2.05) is 26.0 Å². The molecule has 0 aliphatic heterocycles. The van der Waals surface area contributed by atoms with Crippen molar-refractivity contribution in [3.8, 4) is 11.5 Å². The first-order valence-corrected chi connectivity index (χ1v) is 11.4. The van der Waals surface area contributed by atoms with Crippen LogP contribution in [0.2, 0.25) is 5.02 Å². The first kappa shape index (κ1) is 22.3. The molecule has 0 aromatic carbocycles. The summed E-state index contributed by atoms with van der Waals surface area (Å²) < 4.78 is 33.6. The molecule has 0 amide bonds. The zero-order valence-electron chi connectivity index (χ0n) is 17.1. The zero-order valence-corrected chi connectivity index (χ0v) is 18.7. The Balaban J connectivity index is 1.92. The van der Waals surface area contributed by atoms with E-state index in [0.717, 1.165) is 0 Å². The highest BCUT2D eigenvalue weighted by molar-refractivity contribution is 7.91. The van der Waals surface area contributed by atoms with Crippen molar-refractivity contribution in [2.45, 2.75) is 43.9 Å². The molecule has 0 fully saturated rings. The normalized spacial score (nSPS) is 14.1. The van der Waals surface area contributed by atoms with Crippen LogP contribution in [0.15, 0.2) is 36.8 Å². The summed E-state index contributed by atoms with van der Waals surface area (Å²) >= 11 is 5.83. The van der Waals surface area contributed by atoms with Crippen molar-refractivity contribution in [3.63, 3.8) is 0 Å². The molecule has 0 aliphatic rings. The van der Waals surface area contributed by atoms with Crippen molar-refractivity contribution in [2.75, 3.05) is 7.11 Å². The summed E-state index contributed by atoms with van der Waals surface area (Å²) in [5.74, 6) is 0.800. The third kappa shape index (κ3) is 4.66. The molecule has 0 N–H and O–H groups in total. The van der Waals surface area contributed by atoms with E-state index in [1.54, 1.807) is 23.8 Å². The molecule has 0 aliphatic carbocycles. The Morgan fingerprint density at radius 3 is 2.37 bits per heavy atom. The van der Waals surface area contributed by atoms with E-state index in [2.05, 4.69) is 25.1 Å². The van der Waals surface area contributed by atoms with Crippen LogP contribution in [0, 0.1) is 0 Å². The van der Waals surface area contributed by atoms with Crippen molar-refractivity contribution < 1.29 is 13.2 Å². The van der Waals surface area contributed by atoms with Gasteiger partial charge in [0.25, 0.3) is 0 Å². The van der Waals surface area contributed by atoms with Gasteiger partial charge in [-0.1, -0.05) is 17.7 Å². The number of nitrogens with zero attached hydrogens (tertiary/aromatic N) is 6. The molecule has 0 spiro atoms. The average molecular weight is 451 g/mol. The van der Waals surface area contributed by atoms with E-state index in [4.69, 9.17) is 16.3 Å². The van der Waals surface area contributed by atoms with Crippen molar-refractivity contribution in [3.05, 3.63) is 53.5 Å². The molecule has 0 saturated heterocycles. The fourth-order valence-electron chi connectivity index (χ4n) is 3.11. The van der Waals surface area contributed by atoms with Gasteiger partial charge < -0.3 is 9.30 Å². The topological polar surface area (TPSA) is 113 Å². The second-order valence-corrected chi connectivity index (χ2v) is 9.84. The van der Waals surface area contributed by atoms with Crippen LogP contribution in [-0.2, 0) is 20.3 Å². The van der Waals surface area contributed by atoms with Crippen molar-refractivity contribution in [1.82, 2.24) is 29.7 Å². The molecule has 3 aromatic rings. The Bertz CT molecular complexity index is 1090. The molecule has 30 heavy (non-hydrogen) atoms. The lowest BCUT2D eigenvalue weighted by molar-refractivity contribution is 0.0948. The summed E-state index contributed by atoms with van der Waals surface area (Å²) in [6.07, 6.45) is 3.62. The van der Waals surface area contributed by atoms with Gasteiger partial charge >= 0.3 is 0 Å². The lowest BCUT2D eigenvalue weighted by Crippen LogP contribution is -2.30. The fraction of sp³-hybridized carbons (Fsp3) is 0.421. The average Bonchev–Trinajstić information content (AvgIpc) is 3.13. The van der Waals surface area contributed by atoms with E-state index in [1.165, 1.54) is 19.5 Å². The predicted molar refractivity (Wildman–Crippen MR) is 113 cm³/mol. The summed E-state index contributed by atoms with van der Waals surface area (Å²) in [5, 5.41) is 7.79. The molecule has 3 aromatic heterocycles. The first-order chi connectivity index (χ1) is 14.2. The van der Waals surface area contributed by atoms with Crippen LogP contribution in [0.3, 0.4) is 0 Å². The van der Waals surface area contributed by atoms with Gasteiger partial charge in [-0.15, -0.1) is 10.2 Å². The molecular formula is C19H23ClN6O3S. The second-order valence-electron chi connectivity index (χ2n) is 7.05. The quantitative estimate of drug-likeness (QED) is 0.514. The highest BCUT2D eigenvalue weighted by atomic mass is 35.5. The lowest BCUT2D eigenvalue weighted by Gasteiger charge is -2.22. The minimum absolute atomic E-state index is 0.0599. The number of methoxy groups -OCH3 is 1. The highest BCUT2D eigenvalue weighted by Gasteiger charge is 2.34. The number of ether oxygens (including phenoxy) is 1. The van der Waals surface area contributed by atoms with Crippen LogP contribution in [-0.4, -0.2) is 50.5 Å². The number of rotatable bonds is 8. The van der Waals surface area contributed by atoms with Crippen LogP contribution in [0.25, 0.3) is 11.5 Å². The third-order valence-electron chi connectivity index (χ3n) is 4.65. The Morgan fingerprint density at radius 1 is 1.10 bits per heavy atom. The molecule has 9 nitrogen and oxygen atoms in total.